The van der Waals surface area contributed by atoms with E-state index in [9.17, 15) is 19.8 Å². The van der Waals surface area contributed by atoms with E-state index in [4.69, 9.17) is 4.74 Å². The molecule has 1 amide bonds. The molecule has 4 saturated carbocycles. The van der Waals surface area contributed by atoms with Crippen LogP contribution in [0.3, 0.4) is 0 Å². The molecule has 0 spiro atoms. The van der Waals surface area contributed by atoms with Gasteiger partial charge in [-0.3, -0.25) is 4.79 Å². The molecule has 192 valence electrons. The van der Waals surface area contributed by atoms with E-state index in [-0.39, 0.29) is 23.4 Å². The minimum atomic E-state index is -1.01. The highest BCUT2D eigenvalue weighted by Gasteiger charge is 2.55. The zero-order valence-electron chi connectivity index (χ0n) is 20.9. The van der Waals surface area contributed by atoms with Crippen molar-refractivity contribution in [3.8, 4) is 5.88 Å². The number of hydrogen-bond donors (Lipinski definition) is 4. The van der Waals surface area contributed by atoms with E-state index < -0.39 is 11.6 Å². The van der Waals surface area contributed by atoms with E-state index in [1.54, 1.807) is 24.3 Å². The molecule has 8 nitrogen and oxygen atoms in total. The maximum atomic E-state index is 13.4. The minimum Gasteiger partial charge on any atom is -0.478 e. The molecule has 4 N–H and O–H groups in total. The molecular formula is C28H35N3O5. The number of aromatic carboxylic acids is 1. The number of rotatable bonds is 9. The summed E-state index contributed by atoms with van der Waals surface area (Å²) in [6.45, 7) is 4.66. The third-order valence-corrected chi connectivity index (χ3v) is 7.96. The molecule has 8 heteroatoms. The summed E-state index contributed by atoms with van der Waals surface area (Å²) < 4.78 is 5.99. The van der Waals surface area contributed by atoms with Crippen LogP contribution in [0.4, 0.5) is 11.5 Å². The standard InChI is InChI=1S/C28H35N3O5/c1-16(2)8-9-36-26-22(6-7-23(30-26)29-21-5-3-4-18(12-21)27(33)34)25(32)31-24-19-10-17-11-20(24)15-28(35,13-17)14-19/h3-7,12,16-17,19-20,24,35H,8-11,13-15H2,1-2H3,(H,29,30)(H,31,32)(H,33,34). The summed E-state index contributed by atoms with van der Waals surface area (Å²) in [4.78, 5) is 29.3. The fourth-order valence-corrected chi connectivity index (χ4v) is 6.51. The Morgan fingerprint density at radius 3 is 2.56 bits per heavy atom. The Hall–Kier alpha value is -3.13. The second-order valence-electron chi connectivity index (χ2n) is 11.3. The van der Waals surface area contributed by atoms with Crippen LogP contribution in [0.15, 0.2) is 36.4 Å². The van der Waals surface area contributed by atoms with E-state index in [1.165, 1.54) is 12.1 Å². The van der Waals surface area contributed by atoms with Gasteiger partial charge in [-0.25, -0.2) is 4.79 Å². The second kappa shape index (κ2) is 9.73. The van der Waals surface area contributed by atoms with Crippen LogP contribution in [-0.2, 0) is 0 Å². The lowest BCUT2D eigenvalue weighted by atomic mass is 9.52. The normalized spacial score (nSPS) is 28.2. The molecule has 36 heavy (non-hydrogen) atoms. The molecule has 1 aromatic carbocycles. The maximum Gasteiger partial charge on any atom is 0.335 e. The van der Waals surface area contributed by atoms with Crippen molar-refractivity contribution < 1.29 is 24.5 Å². The summed E-state index contributed by atoms with van der Waals surface area (Å²) in [6.07, 6.45) is 5.39. The van der Waals surface area contributed by atoms with E-state index in [1.807, 2.05) is 0 Å². The molecule has 4 bridgehead atoms. The average Bonchev–Trinajstić information content (AvgIpc) is 2.80. The molecule has 2 aromatic rings. The summed E-state index contributed by atoms with van der Waals surface area (Å²) in [5.74, 6) is 1.15. The Bertz CT molecular complexity index is 1130. The van der Waals surface area contributed by atoms with E-state index in [0.29, 0.717) is 47.3 Å². The Kier molecular flexibility index (Phi) is 6.64. The van der Waals surface area contributed by atoms with Crippen molar-refractivity contribution in [1.82, 2.24) is 10.3 Å². The number of anilines is 2. The lowest BCUT2D eigenvalue weighted by molar-refractivity contribution is -0.136. The van der Waals surface area contributed by atoms with Crippen molar-refractivity contribution in [3.63, 3.8) is 0 Å². The van der Waals surface area contributed by atoms with E-state index in [2.05, 4.69) is 29.5 Å². The van der Waals surface area contributed by atoms with Gasteiger partial charge in [0.2, 0.25) is 5.88 Å². The van der Waals surface area contributed by atoms with Gasteiger partial charge in [0.15, 0.2) is 0 Å². The molecule has 4 aliphatic carbocycles. The highest BCUT2D eigenvalue weighted by atomic mass is 16.5. The van der Waals surface area contributed by atoms with Crippen LogP contribution in [0.2, 0.25) is 0 Å². The van der Waals surface area contributed by atoms with E-state index >= 15 is 0 Å². The molecule has 0 aliphatic heterocycles. The quantitative estimate of drug-likeness (QED) is 0.402. The van der Waals surface area contributed by atoms with Crippen LogP contribution in [0, 0.1) is 23.7 Å². The van der Waals surface area contributed by atoms with Crippen molar-refractivity contribution in [2.24, 2.45) is 23.7 Å². The predicted molar refractivity (Wildman–Crippen MR) is 136 cm³/mol. The number of carboxylic acids is 1. The predicted octanol–water partition coefficient (Wildman–Crippen LogP) is 4.62. The topological polar surface area (TPSA) is 121 Å². The molecule has 4 fully saturated rings. The zero-order valence-corrected chi connectivity index (χ0v) is 20.9. The lowest BCUT2D eigenvalue weighted by Gasteiger charge is -2.58. The number of benzene rings is 1. The van der Waals surface area contributed by atoms with Crippen LogP contribution in [-0.4, -0.2) is 45.3 Å². The molecule has 1 aromatic heterocycles. The maximum absolute atomic E-state index is 13.4. The minimum absolute atomic E-state index is 0.0643. The van der Waals surface area contributed by atoms with Crippen LogP contribution in [0.5, 0.6) is 5.88 Å². The number of aromatic nitrogens is 1. The number of carboxylic acid groups (broad SMARTS) is 1. The smallest absolute Gasteiger partial charge is 0.335 e. The molecule has 2 unspecified atom stereocenters. The molecule has 4 aliphatic rings. The summed E-state index contributed by atoms with van der Waals surface area (Å²) in [7, 11) is 0. The number of nitrogens with zero attached hydrogens (tertiary/aromatic N) is 1. The SMILES string of the molecule is CC(C)CCOc1nc(Nc2cccc(C(=O)O)c2)ccc1C(=O)NC1C2CC3CC1CC(O)(C3)C2. The number of pyridine rings is 1. The number of hydrogen-bond acceptors (Lipinski definition) is 6. The van der Waals surface area contributed by atoms with Gasteiger partial charge in [0.1, 0.15) is 11.4 Å². The van der Waals surface area contributed by atoms with Crippen LogP contribution in [0.1, 0.15) is 73.1 Å². The Morgan fingerprint density at radius 2 is 1.89 bits per heavy atom. The first-order valence-electron chi connectivity index (χ1n) is 13.0. The van der Waals surface area contributed by atoms with Gasteiger partial charge in [0.05, 0.1) is 17.8 Å². The second-order valence-corrected chi connectivity index (χ2v) is 11.3. The van der Waals surface area contributed by atoms with Gasteiger partial charge in [0.25, 0.3) is 5.91 Å². The van der Waals surface area contributed by atoms with Gasteiger partial charge in [-0.2, -0.15) is 4.98 Å². The summed E-state index contributed by atoms with van der Waals surface area (Å²) in [5, 5.41) is 26.5. The van der Waals surface area contributed by atoms with Gasteiger partial charge in [-0.05, 0) is 92.5 Å². The molecule has 2 atom stereocenters. The Balaban J connectivity index is 1.35. The summed E-state index contributed by atoms with van der Waals surface area (Å²) >= 11 is 0. The van der Waals surface area contributed by atoms with Crippen molar-refractivity contribution in [3.05, 3.63) is 47.5 Å². The first-order valence-corrected chi connectivity index (χ1v) is 13.0. The van der Waals surface area contributed by atoms with Gasteiger partial charge >= 0.3 is 5.97 Å². The van der Waals surface area contributed by atoms with E-state index in [0.717, 1.165) is 38.5 Å². The molecule has 1 heterocycles. The van der Waals surface area contributed by atoms with Crippen molar-refractivity contribution in [2.75, 3.05) is 11.9 Å². The van der Waals surface area contributed by atoms with Crippen molar-refractivity contribution in [2.45, 2.75) is 64.0 Å². The number of amides is 1. The number of aliphatic hydroxyl groups is 1. The largest absolute Gasteiger partial charge is 0.478 e. The Morgan fingerprint density at radius 1 is 1.14 bits per heavy atom. The number of ether oxygens (including phenoxy) is 1. The highest BCUT2D eigenvalue weighted by molar-refractivity contribution is 5.97. The third kappa shape index (κ3) is 5.19. The van der Waals surface area contributed by atoms with Crippen LogP contribution in [0.25, 0.3) is 0 Å². The summed E-state index contributed by atoms with van der Waals surface area (Å²) in [6, 6.07) is 9.96. The number of carbonyl (C=O) groups is 2. The Labute approximate surface area is 211 Å². The van der Waals surface area contributed by atoms with Crippen LogP contribution >= 0.6 is 0 Å². The number of carbonyl (C=O) groups excluding carboxylic acids is 1. The van der Waals surface area contributed by atoms with Crippen molar-refractivity contribution >= 4 is 23.4 Å². The average molecular weight is 494 g/mol. The monoisotopic (exact) mass is 493 g/mol. The van der Waals surface area contributed by atoms with Gasteiger partial charge in [-0.15, -0.1) is 0 Å². The fraction of sp³-hybridized carbons (Fsp3) is 0.536. The van der Waals surface area contributed by atoms with Gasteiger partial charge in [0, 0.05) is 11.7 Å². The highest BCUT2D eigenvalue weighted by Crippen LogP contribution is 2.55. The lowest BCUT2D eigenvalue weighted by Crippen LogP contribution is -2.61. The number of nitrogens with one attached hydrogen (secondary N) is 2. The first-order chi connectivity index (χ1) is 17.2. The molecule has 0 radical (unpaired) electrons. The van der Waals surface area contributed by atoms with Crippen LogP contribution < -0.4 is 15.4 Å². The first kappa shape index (κ1) is 24.6. The fourth-order valence-electron chi connectivity index (χ4n) is 6.51. The zero-order chi connectivity index (χ0) is 25.4. The van der Waals surface area contributed by atoms with Crippen molar-refractivity contribution in [1.29, 1.82) is 0 Å². The van der Waals surface area contributed by atoms with Gasteiger partial charge < -0.3 is 25.6 Å². The summed E-state index contributed by atoms with van der Waals surface area (Å²) in [5.41, 5.74) is 0.593. The molecular weight excluding hydrogens is 458 g/mol. The third-order valence-electron chi connectivity index (χ3n) is 7.96. The van der Waals surface area contributed by atoms with Gasteiger partial charge in [-0.1, -0.05) is 19.9 Å². The molecule has 6 rings (SSSR count). The molecule has 0 saturated heterocycles.